The highest BCUT2D eigenvalue weighted by Crippen LogP contribution is 2.28. The largest absolute Gasteiger partial charge is 0.417 e. The maximum Gasteiger partial charge on any atom is 0.417 e. The summed E-state index contributed by atoms with van der Waals surface area (Å²) in [5, 5.41) is 2.75. The molecule has 0 aromatic carbocycles. The summed E-state index contributed by atoms with van der Waals surface area (Å²) >= 11 is 2.15. The first-order valence-electron chi connectivity index (χ1n) is 5.65. The van der Waals surface area contributed by atoms with Crippen LogP contribution in [0.3, 0.4) is 0 Å². The van der Waals surface area contributed by atoms with E-state index >= 15 is 0 Å². The number of halogens is 4. The van der Waals surface area contributed by atoms with Gasteiger partial charge in [0.05, 0.1) is 5.56 Å². The van der Waals surface area contributed by atoms with Gasteiger partial charge in [-0.25, -0.2) is 0 Å². The molecule has 1 unspecified atom stereocenters. The minimum Gasteiger partial charge on any atom is -0.347 e. The van der Waals surface area contributed by atoms with Crippen molar-refractivity contribution in [2.24, 2.45) is 5.92 Å². The molecule has 0 bridgehead atoms. The van der Waals surface area contributed by atoms with E-state index in [9.17, 15) is 18.0 Å². The van der Waals surface area contributed by atoms with Crippen molar-refractivity contribution in [2.75, 3.05) is 4.43 Å². The molecule has 0 radical (unpaired) electrons. The monoisotopic (exact) mass is 386 g/mol. The van der Waals surface area contributed by atoms with Gasteiger partial charge in [0.2, 0.25) is 0 Å². The maximum absolute atomic E-state index is 12.3. The van der Waals surface area contributed by atoms with E-state index in [-0.39, 0.29) is 17.7 Å². The van der Waals surface area contributed by atoms with Gasteiger partial charge in [-0.1, -0.05) is 36.4 Å². The zero-order valence-corrected chi connectivity index (χ0v) is 12.6. The van der Waals surface area contributed by atoms with Crippen LogP contribution in [0.2, 0.25) is 0 Å². The van der Waals surface area contributed by atoms with E-state index in [1.807, 2.05) is 13.8 Å². The molecule has 0 saturated heterocycles. The molecular formula is C12H14F3IN2O. The Bertz CT molecular complexity index is 432. The lowest BCUT2D eigenvalue weighted by molar-refractivity contribution is -0.137. The number of amides is 1. The minimum absolute atomic E-state index is 0.0106. The fourth-order valence-corrected chi connectivity index (χ4v) is 2.56. The first-order valence-corrected chi connectivity index (χ1v) is 7.18. The highest BCUT2D eigenvalue weighted by atomic mass is 127. The summed E-state index contributed by atoms with van der Waals surface area (Å²) in [5.74, 6) is -0.209. The van der Waals surface area contributed by atoms with Crippen LogP contribution in [0.25, 0.3) is 0 Å². The van der Waals surface area contributed by atoms with Crippen LogP contribution in [0, 0.1) is 5.92 Å². The number of hydrogen-bond donors (Lipinski definition) is 1. The number of aromatic nitrogens is 1. The Morgan fingerprint density at radius 1 is 1.42 bits per heavy atom. The Labute approximate surface area is 123 Å². The van der Waals surface area contributed by atoms with Crippen LogP contribution in [0.15, 0.2) is 18.3 Å². The van der Waals surface area contributed by atoms with E-state index in [4.69, 9.17) is 0 Å². The predicted octanol–water partition coefficient (Wildman–Crippen LogP) is 3.29. The predicted molar refractivity (Wildman–Crippen MR) is 74.2 cm³/mol. The van der Waals surface area contributed by atoms with Crippen molar-refractivity contribution in [3.05, 3.63) is 29.6 Å². The number of carbonyl (C=O) groups excluding carboxylic acids is 1. The molecule has 1 atom stereocenters. The summed E-state index contributed by atoms with van der Waals surface area (Å²) in [6.45, 7) is 3.92. The molecule has 1 heterocycles. The highest BCUT2D eigenvalue weighted by molar-refractivity contribution is 14.1. The molecule has 1 N–H and O–H groups in total. The highest BCUT2D eigenvalue weighted by Gasteiger charge is 2.31. The first-order chi connectivity index (χ1) is 8.75. The number of pyridine rings is 1. The fourth-order valence-electron chi connectivity index (χ4n) is 1.32. The summed E-state index contributed by atoms with van der Waals surface area (Å²) < 4.78 is 37.8. The molecule has 1 rings (SSSR count). The molecular weight excluding hydrogens is 372 g/mol. The second-order valence-corrected chi connectivity index (χ2v) is 5.29. The van der Waals surface area contributed by atoms with Crippen molar-refractivity contribution in [1.29, 1.82) is 0 Å². The summed E-state index contributed by atoms with van der Waals surface area (Å²) in [6.07, 6.45) is -3.77. The zero-order valence-electron chi connectivity index (χ0n) is 10.5. The fraction of sp³-hybridized carbons (Fsp3) is 0.500. The van der Waals surface area contributed by atoms with Crippen molar-refractivity contribution < 1.29 is 18.0 Å². The van der Waals surface area contributed by atoms with Gasteiger partial charge in [0.25, 0.3) is 5.91 Å². The van der Waals surface area contributed by atoms with Crippen molar-refractivity contribution in [3.8, 4) is 0 Å². The van der Waals surface area contributed by atoms with Crippen LogP contribution >= 0.6 is 22.6 Å². The van der Waals surface area contributed by atoms with E-state index in [0.29, 0.717) is 6.20 Å². The van der Waals surface area contributed by atoms with Gasteiger partial charge in [-0.05, 0) is 18.1 Å². The van der Waals surface area contributed by atoms with Crippen LogP contribution in [-0.2, 0) is 6.18 Å². The normalized spacial score (nSPS) is 13.4. The summed E-state index contributed by atoms with van der Waals surface area (Å²) in [6, 6.07) is 1.91. The van der Waals surface area contributed by atoms with Crippen LogP contribution in [0.4, 0.5) is 13.2 Å². The molecule has 3 nitrogen and oxygen atoms in total. The summed E-state index contributed by atoms with van der Waals surface area (Å²) in [7, 11) is 0. The van der Waals surface area contributed by atoms with Gasteiger partial charge >= 0.3 is 6.18 Å². The third kappa shape index (κ3) is 4.63. The second-order valence-electron chi connectivity index (χ2n) is 4.41. The van der Waals surface area contributed by atoms with E-state index in [2.05, 4.69) is 32.9 Å². The maximum atomic E-state index is 12.3. The van der Waals surface area contributed by atoms with E-state index in [1.54, 1.807) is 0 Å². The lowest BCUT2D eigenvalue weighted by atomic mass is 10.1. The molecule has 0 spiro atoms. The zero-order chi connectivity index (χ0) is 14.6. The number of alkyl halides is 4. The Morgan fingerprint density at radius 2 is 2.05 bits per heavy atom. The van der Waals surface area contributed by atoms with Gasteiger partial charge in [-0.2, -0.15) is 13.2 Å². The quantitative estimate of drug-likeness (QED) is 0.638. The van der Waals surface area contributed by atoms with Crippen LogP contribution in [0.5, 0.6) is 0 Å². The van der Waals surface area contributed by atoms with Crippen molar-refractivity contribution in [1.82, 2.24) is 10.3 Å². The average molecular weight is 386 g/mol. The molecule has 7 heteroatoms. The molecule has 0 aliphatic carbocycles. The smallest absolute Gasteiger partial charge is 0.347 e. The minimum atomic E-state index is -4.44. The van der Waals surface area contributed by atoms with Crippen molar-refractivity contribution in [3.63, 3.8) is 0 Å². The van der Waals surface area contributed by atoms with Gasteiger partial charge in [0, 0.05) is 16.7 Å². The molecule has 0 saturated carbocycles. The molecule has 106 valence electrons. The standard InChI is InChI=1S/C12H14F3IN2O/c1-7(2)10(5-16)18-11(19)9-4-3-8(6-17-9)12(13,14)15/h3-4,6-7,10H,5H2,1-2H3,(H,18,19). The topological polar surface area (TPSA) is 42.0 Å². The SMILES string of the molecule is CC(C)C(CI)NC(=O)c1ccc(C(F)(F)F)cn1. The van der Waals surface area contributed by atoms with Crippen molar-refractivity contribution in [2.45, 2.75) is 26.1 Å². The van der Waals surface area contributed by atoms with Gasteiger partial charge < -0.3 is 5.32 Å². The number of nitrogens with zero attached hydrogens (tertiary/aromatic N) is 1. The second kappa shape index (κ2) is 6.53. The molecule has 19 heavy (non-hydrogen) atoms. The van der Waals surface area contributed by atoms with Crippen molar-refractivity contribution >= 4 is 28.5 Å². The van der Waals surface area contributed by atoms with Crippen LogP contribution in [0.1, 0.15) is 29.9 Å². The molecule has 1 aromatic rings. The van der Waals surface area contributed by atoms with Gasteiger partial charge in [-0.3, -0.25) is 9.78 Å². The molecule has 0 fully saturated rings. The summed E-state index contributed by atoms with van der Waals surface area (Å²) in [4.78, 5) is 15.4. The Kier molecular flexibility index (Phi) is 5.57. The lowest BCUT2D eigenvalue weighted by Crippen LogP contribution is -2.40. The summed E-state index contributed by atoms with van der Waals surface area (Å²) in [5.41, 5.74) is -0.873. The van der Waals surface area contributed by atoms with E-state index < -0.39 is 17.6 Å². The van der Waals surface area contributed by atoms with E-state index in [1.165, 1.54) is 0 Å². The molecule has 1 aromatic heterocycles. The molecule has 0 aliphatic heterocycles. The number of rotatable bonds is 4. The lowest BCUT2D eigenvalue weighted by Gasteiger charge is -2.19. The Hall–Kier alpha value is -0.860. The number of nitrogens with one attached hydrogen (secondary N) is 1. The first kappa shape index (κ1) is 16.2. The third-order valence-electron chi connectivity index (χ3n) is 2.61. The van der Waals surface area contributed by atoms with Gasteiger partial charge in [-0.15, -0.1) is 0 Å². The van der Waals surface area contributed by atoms with Gasteiger partial charge in [0.15, 0.2) is 0 Å². The Balaban J connectivity index is 2.78. The van der Waals surface area contributed by atoms with Crippen LogP contribution in [-0.4, -0.2) is 21.4 Å². The number of carbonyl (C=O) groups is 1. The number of hydrogen-bond acceptors (Lipinski definition) is 2. The molecule has 1 amide bonds. The Morgan fingerprint density at radius 3 is 2.42 bits per heavy atom. The van der Waals surface area contributed by atoms with E-state index in [0.717, 1.165) is 16.6 Å². The third-order valence-corrected chi connectivity index (χ3v) is 3.56. The van der Waals surface area contributed by atoms with Gasteiger partial charge in [0.1, 0.15) is 5.69 Å². The average Bonchev–Trinajstić information content (AvgIpc) is 2.34. The molecule has 0 aliphatic rings. The van der Waals surface area contributed by atoms with Crippen LogP contribution < -0.4 is 5.32 Å².